The molecule has 0 amide bonds. The van der Waals surface area contributed by atoms with Crippen LogP contribution in [0.1, 0.15) is 5.56 Å². The Morgan fingerprint density at radius 1 is 1.09 bits per heavy atom. The van der Waals surface area contributed by atoms with Gasteiger partial charge in [-0.2, -0.15) is 0 Å². The van der Waals surface area contributed by atoms with Crippen molar-refractivity contribution in [3.63, 3.8) is 0 Å². The van der Waals surface area contributed by atoms with Crippen LogP contribution in [-0.4, -0.2) is 33.7 Å². The van der Waals surface area contributed by atoms with Crippen molar-refractivity contribution in [1.82, 2.24) is 0 Å². The molecular formula is C17H16BrN2OS+. The molecular weight excluding hydrogens is 360 g/mol. The molecule has 0 radical (unpaired) electrons. The zero-order chi connectivity index (χ0) is 15.2. The fourth-order valence-electron chi connectivity index (χ4n) is 3.12. The van der Waals surface area contributed by atoms with Gasteiger partial charge >= 0.3 is 5.17 Å². The van der Waals surface area contributed by atoms with Gasteiger partial charge in [0.15, 0.2) is 6.54 Å². The molecule has 112 valence electrons. The summed E-state index contributed by atoms with van der Waals surface area (Å²) < 4.78 is 3.16. The molecule has 0 saturated heterocycles. The molecule has 2 aliphatic rings. The predicted octanol–water partition coefficient (Wildman–Crippen LogP) is 3.23. The minimum atomic E-state index is -0.963. The maximum atomic E-state index is 11.4. The third kappa shape index (κ3) is 2.19. The normalized spacial score (nSPS) is 24.0. The Hall–Kier alpha value is -1.30. The Balaban J connectivity index is 1.78. The van der Waals surface area contributed by atoms with Gasteiger partial charge in [0, 0.05) is 15.8 Å². The van der Waals surface area contributed by atoms with Gasteiger partial charge in [-0.25, -0.2) is 9.48 Å². The van der Waals surface area contributed by atoms with Gasteiger partial charge in [-0.05, 0) is 36.0 Å². The van der Waals surface area contributed by atoms with Gasteiger partial charge in [0.25, 0.3) is 5.72 Å². The molecule has 0 aliphatic carbocycles. The molecule has 0 aromatic heterocycles. The van der Waals surface area contributed by atoms with Crippen LogP contribution in [0.25, 0.3) is 0 Å². The summed E-state index contributed by atoms with van der Waals surface area (Å²) in [5.41, 5.74) is 1.11. The first-order valence-corrected chi connectivity index (χ1v) is 9.05. The van der Waals surface area contributed by atoms with Crippen LogP contribution >= 0.6 is 27.7 Å². The fourth-order valence-corrected chi connectivity index (χ4v) is 4.56. The van der Waals surface area contributed by atoms with Gasteiger partial charge in [0.05, 0.1) is 6.54 Å². The van der Waals surface area contributed by atoms with Gasteiger partial charge in [-0.15, -0.1) is 0 Å². The maximum absolute atomic E-state index is 11.4. The molecule has 2 aliphatic heterocycles. The van der Waals surface area contributed by atoms with E-state index in [0.717, 1.165) is 33.2 Å². The number of anilines is 1. The number of para-hydroxylation sites is 1. The van der Waals surface area contributed by atoms with E-state index in [0.29, 0.717) is 6.54 Å². The monoisotopic (exact) mass is 375 g/mol. The summed E-state index contributed by atoms with van der Waals surface area (Å²) in [7, 11) is 0. The van der Waals surface area contributed by atoms with Gasteiger partial charge < -0.3 is 5.11 Å². The largest absolute Gasteiger partial charge is 0.346 e. The van der Waals surface area contributed by atoms with E-state index >= 15 is 0 Å². The minimum absolute atomic E-state index is 0.557. The van der Waals surface area contributed by atoms with Gasteiger partial charge in [0.1, 0.15) is 5.69 Å². The lowest BCUT2D eigenvalue weighted by atomic mass is 10.0. The number of hydrogen-bond donors (Lipinski definition) is 1. The highest BCUT2D eigenvalue weighted by atomic mass is 79.9. The van der Waals surface area contributed by atoms with Crippen LogP contribution < -0.4 is 4.90 Å². The van der Waals surface area contributed by atoms with Crippen molar-refractivity contribution in [2.24, 2.45) is 0 Å². The first-order chi connectivity index (χ1) is 10.7. The van der Waals surface area contributed by atoms with Crippen molar-refractivity contribution >= 4 is 38.5 Å². The highest BCUT2D eigenvalue weighted by Gasteiger charge is 2.54. The average Bonchev–Trinajstić information content (AvgIpc) is 3.13. The van der Waals surface area contributed by atoms with E-state index in [9.17, 15) is 5.11 Å². The van der Waals surface area contributed by atoms with E-state index in [1.807, 2.05) is 54.2 Å². The number of aliphatic hydroxyl groups is 1. The van der Waals surface area contributed by atoms with Crippen LogP contribution in [0.4, 0.5) is 5.69 Å². The summed E-state index contributed by atoms with van der Waals surface area (Å²) in [4.78, 5) is 2.22. The van der Waals surface area contributed by atoms with Gasteiger partial charge in [-0.1, -0.05) is 46.3 Å². The first-order valence-electron chi connectivity index (χ1n) is 7.27. The number of thioether (sulfide) groups is 1. The summed E-state index contributed by atoms with van der Waals surface area (Å²) in [6.45, 7) is 1.43. The number of β-amino-alcohol motifs (C(OH)–C–C–N with tert-alkyl or cyclic N) is 1. The molecule has 1 N–H and O–H groups in total. The Labute approximate surface area is 142 Å². The smallest absolute Gasteiger partial charge is 0.316 e. The Morgan fingerprint density at radius 3 is 2.55 bits per heavy atom. The van der Waals surface area contributed by atoms with E-state index < -0.39 is 5.72 Å². The van der Waals surface area contributed by atoms with E-state index in [4.69, 9.17) is 0 Å². The van der Waals surface area contributed by atoms with Crippen LogP contribution in [0, 0.1) is 0 Å². The Kier molecular flexibility index (Phi) is 3.51. The lowest BCUT2D eigenvalue weighted by molar-refractivity contribution is -0.650. The molecule has 0 spiro atoms. The highest BCUT2D eigenvalue weighted by molar-refractivity contribution is 9.10. The molecule has 2 heterocycles. The van der Waals surface area contributed by atoms with Crippen molar-refractivity contribution < 1.29 is 9.68 Å². The fraction of sp³-hybridized carbons (Fsp3) is 0.235. The quantitative estimate of drug-likeness (QED) is 0.816. The zero-order valence-corrected chi connectivity index (χ0v) is 14.3. The number of nitrogens with zero attached hydrogens (tertiary/aromatic N) is 2. The standard InChI is InChI=1S/C17H16BrN2OS/c18-14-8-6-13(7-9-14)17(21)12-19(15-4-2-1-3-5-15)16-20(17)10-11-22-16/h1-9,21H,10-12H2/q+1/t17-/m1/s1. The van der Waals surface area contributed by atoms with Crippen LogP contribution in [0.5, 0.6) is 0 Å². The lowest BCUT2D eigenvalue weighted by Crippen LogP contribution is -2.41. The summed E-state index contributed by atoms with van der Waals surface area (Å²) in [6.07, 6.45) is 0. The van der Waals surface area contributed by atoms with Crippen LogP contribution in [0.15, 0.2) is 59.1 Å². The Bertz CT molecular complexity index is 732. The number of hydrogen-bond acceptors (Lipinski definition) is 3. The molecule has 0 unspecified atom stereocenters. The van der Waals surface area contributed by atoms with Gasteiger partial charge in [0.2, 0.25) is 0 Å². The summed E-state index contributed by atoms with van der Waals surface area (Å²) in [6, 6.07) is 18.3. The molecule has 22 heavy (non-hydrogen) atoms. The molecule has 0 bridgehead atoms. The number of halogens is 1. The maximum Gasteiger partial charge on any atom is 0.316 e. The van der Waals surface area contributed by atoms with Crippen molar-refractivity contribution in [3.05, 3.63) is 64.6 Å². The zero-order valence-electron chi connectivity index (χ0n) is 11.9. The predicted molar refractivity (Wildman–Crippen MR) is 94.4 cm³/mol. The van der Waals surface area contributed by atoms with Crippen molar-refractivity contribution in [1.29, 1.82) is 0 Å². The van der Waals surface area contributed by atoms with Crippen LogP contribution in [-0.2, 0) is 5.72 Å². The third-order valence-corrected chi connectivity index (χ3v) is 5.82. The van der Waals surface area contributed by atoms with Crippen LogP contribution in [0.3, 0.4) is 0 Å². The van der Waals surface area contributed by atoms with E-state index in [1.54, 1.807) is 0 Å². The third-order valence-electron chi connectivity index (χ3n) is 4.21. The first kappa shape index (κ1) is 14.3. The minimum Gasteiger partial charge on any atom is -0.346 e. The van der Waals surface area contributed by atoms with E-state index in [2.05, 4.69) is 37.5 Å². The van der Waals surface area contributed by atoms with Crippen molar-refractivity contribution in [2.45, 2.75) is 5.72 Å². The van der Waals surface area contributed by atoms with Gasteiger partial charge in [-0.3, -0.25) is 0 Å². The summed E-state index contributed by atoms with van der Waals surface area (Å²) in [5, 5.41) is 12.5. The van der Waals surface area contributed by atoms with Crippen molar-refractivity contribution in [3.8, 4) is 0 Å². The number of amidine groups is 1. The topological polar surface area (TPSA) is 26.5 Å². The number of benzene rings is 2. The molecule has 0 saturated carbocycles. The molecule has 0 fully saturated rings. The molecule has 1 atom stereocenters. The SMILES string of the molecule is O[C@@]1(c2ccc(Br)cc2)CN(c2ccccc2)C2=[N+]1CCS2. The second kappa shape index (κ2) is 5.41. The van der Waals surface area contributed by atoms with E-state index in [-0.39, 0.29) is 0 Å². The highest BCUT2D eigenvalue weighted by Crippen LogP contribution is 2.38. The van der Waals surface area contributed by atoms with Crippen molar-refractivity contribution in [2.75, 3.05) is 23.7 Å². The lowest BCUT2D eigenvalue weighted by Gasteiger charge is -2.23. The van der Waals surface area contributed by atoms with E-state index in [1.165, 1.54) is 0 Å². The molecule has 2 aromatic rings. The summed E-state index contributed by atoms with van der Waals surface area (Å²) in [5.74, 6) is 1.01. The number of rotatable bonds is 2. The second-order valence-corrected chi connectivity index (χ2v) is 7.51. The Morgan fingerprint density at radius 2 is 1.82 bits per heavy atom. The molecule has 3 nitrogen and oxygen atoms in total. The average molecular weight is 376 g/mol. The molecule has 4 rings (SSSR count). The van der Waals surface area contributed by atoms with Crippen LogP contribution in [0.2, 0.25) is 0 Å². The summed E-state index contributed by atoms with van der Waals surface area (Å²) >= 11 is 5.28. The second-order valence-electron chi connectivity index (χ2n) is 5.53. The molecule has 2 aromatic carbocycles. The molecule has 5 heteroatoms.